The van der Waals surface area contributed by atoms with Crippen LogP contribution in [0.15, 0.2) is 312 Å². The largest absolute Gasteiger partial charge is 0.573 e. The Morgan fingerprint density at radius 1 is 0.364 bits per heavy atom. The average molecular weight is 1900 g/mol. The van der Waals surface area contributed by atoms with Crippen LogP contribution >= 0.6 is 0 Å². The van der Waals surface area contributed by atoms with Crippen molar-refractivity contribution in [2.45, 2.75) is 31.7 Å². The molecule has 0 unspecified atom stereocenters. The first-order chi connectivity index (χ1) is 67.3. The number of hydrogen-bond donors (Lipinski definition) is 7. The number of fused-ring (bicyclic) bond motifs is 6. The molecule has 140 heavy (non-hydrogen) atoms. The van der Waals surface area contributed by atoms with Gasteiger partial charge in [-0.1, -0.05) is 126 Å². The lowest BCUT2D eigenvalue weighted by Crippen LogP contribution is -2.21. The van der Waals surface area contributed by atoms with Gasteiger partial charge in [-0.05, 0) is 97.8 Å². The van der Waals surface area contributed by atoms with Crippen LogP contribution in [0.5, 0.6) is 23.0 Å². The van der Waals surface area contributed by atoms with E-state index in [2.05, 4.69) is 62.0 Å². The van der Waals surface area contributed by atoms with Gasteiger partial charge >= 0.3 is 18.4 Å². The molecule has 710 valence electrons. The van der Waals surface area contributed by atoms with Crippen molar-refractivity contribution in [3.63, 3.8) is 0 Å². The van der Waals surface area contributed by atoms with Gasteiger partial charge in [-0.25, -0.2) is 0 Å². The number of amides is 6. The maximum absolute atomic E-state index is 12.8. The number of alkyl halides is 3. The van der Waals surface area contributed by atoms with E-state index >= 15 is 0 Å². The number of methoxy groups -OCH3 is 3. The molecule has 9 aromatic carbocycles. The molecule has 1 saturated carbocycles. The summed E-state index contributed by atoms with van der Waals surface area (Å²) in [7, 11) is 14.3. The van der Waals surface area contributed by atoms with Gasteiger partial charge < -0.3 is 81.7 Å². The number of nitrogens with zero attached hydrogens (tertiary/aromatic N) is 11. The summed E-state index contributed by atoms with van der Waals surface area (Å²) in [6.07, 6.45) is 9.56. The molecule has 6 amide bonds. The lowest BCUT2D eigenvalue weighted by molar-refractivity contribution is -0.274. The van der Waals surface area contributed by atoms with Crippen LogP contribution in [0, 0.1) is 0 Å². The van der Waals surface area contributed by atoms with Crippen molar-refractivity contribution in [2.24, 2.45) is 42.3 Å². The number of ether oxygens (including phenoxy) is 4. The number of aliphatic hydroxyl groups is 1. The summed E-state index contributed by atoms with van der Waals surface area (Å²) < 4.78 is 74.2. The molecule has 9 heterocycles. The second-order valence-corrected chi connectivity index (χ2v) is 31.3. The number of carbonyl (C=O) groups excluding carboxylic acids is 6. The first kappa shape index (κ1) is 97.5. The number of hydrogen-bond acceptors (Lipinski definition) is 24. The van der Waals surface area contributed by atoms with Crippen molar-refractivity contribution in [2.75, 3.05) is 53.2 Å². The van der Waals surface area contributed by atoms with Crippen molar-refractivity contribution in [3.8, 4) is 23.0 Å². The zero-order valence-corrected chi connectivity index (χ0v) is 76.0. The predicted molar refractivity (Wildman–Crippen MR) is 519 cm³/mol. The van der Waals surface area contributed by atoms with Crippen LogP contribution in [-0.2, 0) is 48.9 Å². The van der Waals surface area contributed by atoms with Gasteiger partial charge in [0.05, 0.1) is 66.6 Å². The Kier molecular flexibility index (Phi) is 30.1. The van der Waals surface area contributed by atoms with E-state index in [4.69, 9.17) is 28.3 Å². The van der Waals surface area contributed by atoms with E-state index < -0.39 is 24.8 Å². The SMILES string of the molecule is COc1cc(NC(=O)c2cn(C)c(=O)c3ccccc23)cc(OC)c1.COc1cccc(NC(=O)c2cn(C)c(=O)c3ccccc23)c1.Cn1cc(C(=O)Nc2ccc(OC(F)(F)F)cc2)c2ccccc2c1=O.Cn1cc(C(=O)Nc2cccnc2)c2ccccc2c1=O.Cn1cc(C(=O)Nc2nc(C3CC3)no2)c2ccccc2c1=O.Cn1cc(C(=O)Nc2nnc(CO)o2)c2ccccc2c1=O. The molecule has 7 N–H and O–H groups in total. The lowest BCUT2D eigenvalue weighted by Gasteiger charge is -2.12. The first-order valence-electron chi connectivity index (χ1n) is 42.6. The Morgan fingerprint density at radius 3 is 1.01 bits per heavy atom. The monoisotopic (exact) mass is 1900 g/mol. The van der Waals surface area contributed by atoms with Crippen molar-refractivity contribution in [3.05, 3.63) is 381 Å². The maximum atomic E-state index is 12.8. The molecule has 1 aliphatic rings. The number of aromatic nitrogens is 11. The number of pyridine rings is 7. The zero-order chi connectivity index (χ0) is 99.8. The minimum atomic E-state index is -4.78. The van der Waals surface area contributed by atoms with E-state index in [0.717, 1.165) is 25.0 Å². The Hall–Kier alpha value is -18.6. The summed E-state index contributed by atoms with van der Waals surface area (Å²) >= 11 is 0. The zero-order valence-electron chi connectivity index (χ0n) is 76.0. The quantitative estimate of drug-likeness (QED) is 0.0419. The summed E-state index contributed by atoms with van der Waals surface area (Å²) in [6.45, 7) is -0.411. The molecule has 0 bridgehead atoms. The summed E-state index contributed by atoms with van der Waals surface area (Å²) in [5.41, 5.74) is 3.41. The van der Waals surface area contributed by atoms with Crippen molar-refractivity contribution < 1.29 is 74.9 Å². The third-order valence-corrected chi connectivity index (χ3v) is 21.6. The molecule has 0 saturated heterocycles. The van der Waals surface area contributed by atoms with Crippen molar-refractivity contribution in [1.82, 2.24) is 52.7 Å². The molecule has 1 fully saturated rings. The molecular formula is C101H86F3N17O19. The van der Waals surface area contributed by atoms with Crippen LogP contribution < -0.4 is 84.2 Å². The number of nitrogens with one attached hydrogen (secondary N) is 6. The molecule has 0 aliphatic heterocycles. The van der Waals surface area contributed by atoms with Crippen LogP contribution in [0.4, 0.5) is 48.0 Å². The van der Waals surface area contributed by atoms with E-state index in [1.165, 1.54) is 71.4 Å². The van der Waals surface area contributed by atoms with Gasteiger partial charge in [0.15, 0.2) is 5.82 Å². The fourth-order valence-electron chi connectivity index (χ4n) is 14.6. The number of aryl methyl sites for hydroxylation is 6. The van der Waals surface area contributed by atoms with Gasteiger partial charge in [0.25, 0.3) is 68.8 Å². The van der Waals surface area contributed by atoms with E-state index in [1.807, 2.05) is 12.1 Å². The minimum absolute atomic E-state index is 0.000574. The third kappa shape index (κ3) is 23.1. The molecular weight excluding hydrogens is 1810 g/mol. The van der Waals surface area contributed by atoms with Crippen LogP contribution in [-0.4, -0.2) is 121 Å². The highest BCUT2D eigenvalue weighted by atomic mass is 19.4. The highest BCUT2D eigenvalue weighted by Crippen LogP contribution is 2.39. The van der Waals surface area contributed by atoms with Gasteiger partial charge in [-0.3, -0.25) is 73.2 Å². The smallest absolute Gasteiger partial charge is 0.497 e. The molecule has 1 aliphatic carbocycles. The Labute approximate surface area is 790 Å². The molecule has 19 rings (SSSR count). The van der Waals surface area contributed by atoms with Crippen LogP contribution in [0.2, 0.25) is 0 Å². The number of halogens is 3. The highest BCUT2D eigenvalue weighted by molar-refractivity contribution is 6.17. The van der Waals surface area contributed by atoms with Gasteiger partial charge in [0, 0.05) is 198 Å². The standard InChI is InChI=1S/C19H18N2O4.C18H13F3N2O3.C18H16N2O3.C16H14N4O3.C16H13N3O2.C14H12N4O4/c1-21-11-17(15-6-4-5-7-16(15)19(21)23)18(22)20-12-8-13(24-2)10-14(9-12)25-3;1-23-10-15(13-4-2-3-5-14(13)17(23)25)16(24)22-11-6-8-12(9-7-11)26-18(19,20)21;1-20-11-16(14-8-3-4-9-15(14)18(20)22)17(21)19-12-6-5-7-13(10-12)23-2;1-20-8-12(10-4-2-3-5-11(10)15(20)22)14(21)18-16-17-13(19-23-16)9-6-7-9;1-19-10-14(12-6-2-3-7-13(12)16(19)21)15(20)18-11-5-4-8-17-9-11;1-18-6-10(8-4-2-3-5-9(8)13(18)21)12(20)15-14-17-16-11(7-19)22-14/h4-11H,1-3H3,(H,20,22);2-10H,1H3,(H,22,24);3-11H,1-2H3,(H,19,21);2-5,8-9H,6-7H2,1H3,(H,17,18,19,21);2-10H,1H3,(H,18,20);2-6,19H,7H2,1H3,(H,15,17,20). The van der Waals surface area contributed by atoms with Gasteiger partial charge in [0.2, 0.25) is 5.89 Å². The maximum Gasteiger partial charge on any atom is 0.573 e. The van der Waals surface area contributed by atoms with Crippen LogP contribution in [0.3, 0.4) is 0 Å². The van der Waals surface area contributed by atoms with Crippen LogP contribution in [0.1, 0.15) is 92.6 Å². The van der Waals surface area contributed by atoms with E-state index in [-0.39, 0.29) is 86.2 Å². The fourth-order valence-corrected chi connectivity index (χ4v) is 14.6. The minimum Gasteiger partial charge on any atom is -0.497 e. The number of rotatable bonds is 18. The first-order valence-corrected chi connectivity index (χ1v) is 42.6. The Morgan fingerprint density at radius 2 is 0.686 bits per heavy atom. The predicted octanol–water partition coefficient (Wildman–Crippen LogP) is 14.2. The normalized spacial score (nSPS) is 11.3. The number of benzene rings is 9. The molecule has 0 spiro atoms. The second-order valence-electron chi connectivity index (χ2n) is 31.3. The number of carbonyl (C=O) groups is 6. The van der Waals surface area contributed by atoms with Crippen molar-refractivity contribution in [1.29, 1.82) is 0 Å². The van der Waals surface area contributed by atoms with Crippen molar-refractivity contribution >= 4 is 135 Å². The fraction of sp³-hybridized carbons (Fsp3) is 0.139. The van der Waals surface area contributed by atoms with Crippen LogP contribution in [0.25, 0.3) is 64.6 Å². The Balaban J connectivity index is 0.000000134. The summed E-state index contributed by atoms with van der Waals surface area (Å²) in [4.78, 5) is 156. The number of aliphatic hydroxyl groups excluding tert-OH is 1. The second kappa shape index (κ2) is 43.2. The average Bonchev–Trinajstić information content (AvgIpc) is 1.16. The molecule has 18 aromatic rings. The van der Waals surface area contributed by atoms with E-state index in [0.29, 0.717) is 144 Å². The highest BCUT2D eigenvalue weighted by Gasteiger charge is 2.32. The van der Waals surface area contributed by atoms with Gasteiger partial charge in [-0.2, -0.15) is 4.98 Å². The van der Waals surface area contributed by atoms with Gasteiger partial charge in [-0.15, -0.1) is 18.3 Å². The molecule has 36 nitrogen and oxygen atoms in total. The summed E-state index contributed by atoms with van der Waals surface area (Å²) in [5, 5.41) is 42.3. The van der Waals surface area contributed by atoms with E-state index in [1.54, 1.807) is 269 Å². The molecule has 9 aromatic heterocycles. The van der Waals surface area contributed by atoms with Gasteiger partial charge in [0.1, 0.15) is 29.6 Å². The lowest BCUT2D eigenvalue weighted by atomic mass is 10.1. The molecule has 39 heteroatoms. The Bertz CT molecular complexity index is 8170. The number of anilines is 6. The summed E-state index contributed by atoms with van der Waals surface area (Å²) in [6, 6.07) is 62.2. The third-order valence-electron chi connectivity index (χ3n) is 21.6. The topological polar surface area (TPSA) is 454 Å². The summed E-state index contributed by atoms with van der Waals surface area (Å²) in [5.74, 6) is 0.177. The van der Waals surface area contributed by atoms with E-state index in [9.17, 15) is 70.7 Å². The molecule has 0 atom stereocenters. The molecule has 0 radical (unpaired) electrons.